The van der Waals surface area contributed by atoms with Gasteiger partial charge in [0.1, 0.15) is 0 Å². The first-order valence-electron chi connectivity index (χ1n) is 4.59. The molecule has 0 amide bonds. The van der Waals surface area contributed by atoms with Crippen molar-refractivity contribution in [2.75, 3.05) is 0 Å². The van der Waals surface area contributed by atoms with Crippen LogP contribution < -0.4 is 5.56 Å². The topological polar surface area (TPSA) is 22.0 Å². The van der Waals surface area contributed by atoms with Crippen molar-refractivity contribution in [3.8, 4) is 0 Å². The maximum Gasteiger partial charge on any atom is 0.251 e. The van der Waals surface area contributed by atoms with Gasteiger partial charge in [-0.2, -0.15) is 0 Å². The molecule has 1 aromatic rings. The van der Waals surface area contributed by atoms with Gasteiger partial charge in [0.05, 0.1) is 6.04 Å². The Balaban J connectivity index is 2.97. The van der Waals surface area contributed by atoms with Crippen molar-refractivity contribution in [3.05, 3.63) is 47.4 Å². The van der Waals surface area contributed by atoms with E-state index in [1.54, 1.807) is 16.7 Å². The highest BCUT2D eigenvalue weighted by molar-refractivity contribution is 4.98. The average molecular weight is 177 g/mol. The zero-order chi connectivity index (χ0) is 9.68. The Hall–Kier alpha value is -1.31. The van der Waals surface area contributed by atoms with Gasteiger partial charge in [0, 0.05) is 12.3 Å². The number of hydrogen-bond donors (Lipinski definition) is 0. The van der Waals surface area contributed by atoms with Crippen molar-refractivity contribution in [1.29, 1.82) is 0 Å². The van der Waals surface area contributed by atoms with Gasteiger partial charge >= 0.3 is 0 Å². The molecule has 0 bridgehead atoms. The van der Waals surface area contributed by atoms with E-state index in [9.17, 15) is 4.79 Å². The second kappa shape index (κ2) is 4.65. The van der Waals surface area contributed by atoms with Crippen molar-refractivity contribution in [2.45, 2.75) is 25.8 Å². The summed E-state index contributed by atoms with van der Waals surface area (Å²) in [5, 5.41) is 0. The zero-order valence-corrected chi connectivity index (χ0v) is 7.94. The Morgan fingerprint density at radius 1 is 1.62 bits per heavy atom. The Morgan fingerprint density at radius 2 is 2.38 bits per heavy atom. The minimum atomic E-state index is 0.0425. The van der Waals surface area contributed by atoms with Crippen LogP contribution in [0.5, 0.6) is 0 Å². The van der Waals surface area contributed by atoms with Crippen LogP contribution >= 0.6 is 0 Å². The van der Waals surface area contributed by atoms with Gasteiger partial charge in [-0.15, -0.1) is 6.58 Å². The molecule has 2 nitrogen and oxygen atoms in total. The fraction of sp³-hybridized carbons (Fsp3) is 0.364. The van der Waals surface area contributed by atoms with Crippen molar-refractivity contribution >= 4 is 0 Å². The first kappa shape index (κ1) is 9.78. The molecule has 0 aromatic carbocycles. The molecule has 1 heterocycles. The molecule has 1 aromatic heterocycles. The van der Waals surface area contributed by atoms with Crippen LogP contribution in [0.2, 0.25) is 0 Å². The van der Waals surface area contributed by atoms with Crippen LogP contribution in [0.15, 0.2) is 41.8 Å². The predicted molar refractivity (Wildman–Crippen MR) is 54.8 cm³/mol. The highest BCUT2D eigenvalue weighted by atomic mass is 16.1. The quantitative estimate of drug-likeness (QED) is 0.647. The first-order valence-corrected chi connectivity index (χ1v) is 4.59. The summed E-state index contributed by atoms with van der Waals surface area (Å²) in [6.45, 7) is 5.84. The van der Waals surface area contributed by atoms with E-state index in [0.29, 0.717) is 0 Å². The van der Waals surface area contributed by atoms with E-state index in [-0.39, 0.29) is 11.6 Å². The molecule has 13 heavy (non-hydrogen) atoms. The molecule has 0 unspecified atom stereocenters. The van der Waals surface area contributed by atoms with Crippen LogP contribution in [0.1, 0.15) is 25.8 Å². The van der Waals surface area contributed by atoms with Crippen molar-refractivity contribution in [1.82, 2.24) is 4.57 Å². The van der Waals surface area contributed by atoms with Crippen LogP contribution in [0.4, 0.5) is 0 Å². The van der Waals surface area contributed by atoms with Gasteiger partial charge in [-0.25, -0.2) is 0 Å². The lowest BCUT2D eigenvalue weighted by atomic mass is 10.1. The molecular weight excluding hydrogens is 162 g/mol. The molecule has 0 saturated carbocycles. The third kappa shape index (κ3) is 2.31. The predicted octanol–water partition coefficient (Wildman–Crippen LogP) is 2.38. The zero-order valence-electron chi connectivity index (χ0n) is 7.94. The summed E-state index contributed by atoms with van der Waals surface area (Å²) in [6, 6.07) is 5.34. The van der Waals surface area contributed by atoms with Gasteiger partial charge in [0.25, 0.3) is 5.56 Å². The summed E-state index contributed by atoms with van der Waals surface area (Å²) >= 11 is 0. The van der Waals surface area contributed by atoms with E-state index >= 15 is 0 Å². The molecule has 1 rings (SSSR count). The van der Waals surface area contributed by atoms with E-state index in [0.717, 1.165) is 12.8 Å². The van der Waals surface area contributed by atoms with E-state index in [2.05, 4.69) is 13.5 Å². The fourth-order valence-corrected chi connectivity index (χ4v) is 1.38. The van der Waals surface area contributed by atoms with Gasteiger partial charge in [-0.05, 0) is 12.5 Å². The van der Waals surface area contributed by atoms with E-state index < -0.39 is 0 Å². The normalized spacial score (nSPS) is 12.4. The van der Waals surface area contributed by atoms with Crippen molar-refractivity contribution < 1.29 is 0 Å². The Morgan fingerprint density at radius 3 is 2.92 bits per heavy atom. The minimum Gasteiger partial charge on any atom is -0.309 e. The summed E-state index contributed by atoms with van der Waals surface area (Å²) in [4.78, 5) is 11.4. The minimum absolute atomic E-state index is 0.0425. The number of hydrogen-bond acceptors (Lipinski definition) is 1. The lowest BCUT2D eigenvalue weighted by Gasteiger charge is -2.14. The number of allylic oxidation sites excluding steroid dienone is 1. The molecule has 1 atom stereocenters. The van der Waals surface area contributed by atoms with Crippen LogP contribution in [-0.2, 0) is 0 Å². The Kier molecular flexibility index (Phi) is 3.50. The summed E-state index contributed by atoms with van der Waals surface area (Å²) in [5.41, 5.74) is 0.0425. The summed E-state index contributed by atoms with van der Waals surface area (Å²) < 4.78 is 1.72. The Labute approximate surface area is 78.5 Å². The molecule has 0 aliphatic rings. The third-order valence-corrected chi connectivity index (χ3v) is 2.06. The van der Waals surface area contributed by atoms with Gasteiger partial charge in [0.15, 0.2) is 0 Å². The lowest BCUT2D eigenvalue weighted by molar-refractivity contribution is 0.534. The van der Waals surface area contributed by atoms with Gasteiger partial charge in [0.2, 0.25) is 0 Å². The number of pyridine rings is 1. The molecule has 0 N–H and O–H groups in total. The largest absolute Gasteiger partial charge is 0.309 e. The first-order chi connectivity index (χ1) is 6.29. The molecule has 0 aliphatic heterocycles. The van der Waals surface area contributed by atoms with Gasteiger partial charge < -0.3 is 4.57 Å². The maximum absolute atomic E-state index is 11.4. The fourth-order valence-electron chi connectivity index (χ4n) is 1.38. The van der Waals surface area contributed by atoms with E-state index in [4.69, 9.17) is 0 Å². The van der Waals surface area contributed by atoms with E-state index in [1.807, 2.05) is 18.3 Å². The molecule has 70 valence electrons. The van der Waals surface area contributed by atoms with Crippen LogP contribution in [0.25, 0.3) is 0 Å². The highest BCUT2D eigenvalue weighted by Gasteiger charge is 2.04. The lowest BCUT2D eigenvalue weighted by Crippen LogP contribution is -2.21. The number of rotatable bonds is 4. The standard InChI is InChI=1S/C11H15NO/c1-3-7-10(4-2)12-9-6-5-8-11(12)13/h4-6,8-10H,2-3,7H2,1H3/t10-/m1/s1. The van der Waals surface area contributed by atoms with Crippen molar-refractivity contribution in [2.24, 2.45) is 0 Å². The van der Waals surface area contributed by atoms with Gasteiger partial charge in [-0.1, -0.05) is 25.5 Å². The maximum atomic E-state index is 11.4. The summed E-state index contributed by atoms with van der Waals surface area (Å²) in [6.07, 6.45) is 5.65. The molecular formula is C11H15NO. The summed E-state index contributed by atoms with van der Waals surface area (Å²) in [5.74, 6) is 0. The molecule has 0 fully saturated rings. The average Bonchev–Trinajstić information content (AvgIpc) is 2.16. The molecule has 0 aliphatic carbocycles. The Bertz CT molecular complexity index is 327. The van der Waals surface area contributed by atoms with Crippen LogP contribution in [-0.4, -0.2) is 4.57 Å². The molecule has 0 saturated heterocycles. The highest BCUT2D eigenvalue weighted by Crippen LogP contribution is 2.11. The monoisotopic (exact) mass is 177 g/mol. The van der Waals surface area contributed by atoms with E-state index in [1.165, 1.54) is 0 Å². The summed E-state index contributed by atoms with van der Waals surface area (Å²) in [7, 11) is 0. The second-order valence-corrected chi connectivity index (χ2v) is 3.04. The SMILES string of the molecule is C=C[C@H](CCC)n1ccccc1=O. The molecule has 0 spiro atoms. The number of nitrogens with zero attached hydrogens (tertiary/aromatic N) is 1. The molecule has 2 heteroatoms. The van der Waals surface area contributed by atoms with Crippen LogP contribution in [0.3, 0.4) is 0 Å². The third-order valence-electron chi connectivity index (χ3n) is 2.06. The van der Waals surface area contributed by atoms with Crippen LogP contribution in [0, 0.1) is 0 Å². The number of aromatic nitrogens is 1. The van der Waals surface area contributed by atoms with Gasteiger partial charge in [-0.3, -0.25) is 4.79 Å². The second-order valence-electron chi connectivity index (χ2n) is 3.04. The molecule has 0 radical (unpaired) electrons. The van der Waals surface area contributed by atoms with Crippen molar-refractivity contribution in [3.63, 3.8) is 0 Å². The smallest absolute Gasteiger partial charge is 0.251 e.